The SMILES string of the molecule is CC(OC(=O)c1cn2c3c(c(N4CCC(O)CC4)c(F)cc3c1=O)CC[C@@H]2C)OC(=O)C(C)(C)C. The van der Waals surface area contributed by atoms with Gasteiger partial charge >= 0.3 is 11.9 Å². The molecule has 0 radical (unpaired) electrons. The van der Waals surface area contributed by atoms with E-state index in [1.807, 2.05) is 16.4 Å². The minimum atomic E-state index is -1.19. The number of nitrogens with zero attached hydrogens (tertiary/aromatic N) is 2. The Morgan fingerprint density at radius 1 is 1.17 bits per heavy atom. The molecular formula is C26H33FN2O6. The molecule has 8 nitrogen and oxygen atoms in total. The van der Waals surface area contributed by atoms with Gasteiger partial charge in [-0.05, 0) is 59.4 Å². The molecule has 1 aromatic heterocycles. The van der Waals surface area contributed by atoms with E-state index in [-0.39, 0.29) is 23.1 Å². The number of aryl methyl sites for hydroxylation is 1. The standard InChI is InChI=1S/C26H33FN2O6/c1-14-6-7-17-21-18(12-20(27)22(17)28-10-8-16(30)9-11-28)23(31)19(13-29(14)21)24(32)34-15(2)35-25(33)26(3,4)5/h12-16,30H,6-11H2,1-5H3/t14-,15?/m0/s1. The Morgan fingerprint density at radius 3 is 2.46 bits per heavy atom. The van der Waals surface area contributed by atoms with Gasteiger partial charge in [0.1, 0.15) is 11.4 Å². The Bertz CT molecular complexity index is 1220. The van der Waals surface area contributed by atoms with E-state index in [0.29, 0.717) is 50.0 Å². The highest BCUT2D eigenvalue weighted by atomic mass is 19.1. The number of benzene rings is 1. The van der Waals surface area contributed by atoms with Crippen LogP contribution < -0.4 is 10.3 Å². The third kappa shape index (κ3) is 4.78. The molecular weight excluding hydrogens is 455 g/mol. The number of aliphatic hydroxyl groups excluding tert-OH is 1. The predicted octanol–water partition coefficient (Wildman–Crippen LogP) is 3.70. The van der Waals surface area contributed by atoms with E-state index in [0.717, 1.165) is 5.56 Å². The first-order valence-electron chi connectivity index (χ1n) is 12.1. The topological polar surface area (TPSA) is 98.1 Å². The highest BCUT2D eigenvalue weighted by molar-refractivity contribution is 5.96. The molecule has 0 spiro atoms. The number of hydrogen-bond donors (Lipinski definition) is 1. The summed E-state index contributed by atoms with van der Waals surface area (Å²) in [6, 6.07) is 1.19. The average molecular weight is 489 g/mol. The van der Waals surface area contributed by atoms with Gasteiger partial charge in [0, 0.05) is 43.2 Å². The third-order valence-electron chi connectivity index (χ3n) is 6.79. The zero-order valence-corrected chi connectivity index (χ0v) is 20.9. The van der Waals surface area contributed by atoms with Gasteiger partial charge in [0.15, 0.2) is 0 Å². The number of rotatable bonds is 4. The number of anilines is 1. The van der Waals surface area contributed by atoms with Crippen LogP contribution in [-0.2, 0) is 20.7 Å². The van der Waals surface area contributed by atoms with Crippen molar-refractivity contribution < 1.29 is 28.6 Å². The van der Waals surface area contributed by atoms with Crippen molar-refractivity contribution in [2.75, 3.05) is 18.0 Å². The molecule has 1 N–H and O–H groups in total. The third-order valence-corrected chi connectivity index (χ3v) is 6.79. The van der Waals surface area contributed by atoms with Crippen LogP contribution in [-0.4, -0.2) is 47.1 Å². The van der Waals surface area contributed by atoms with Gasteiger partial charge in [0.25, 0.3) is 0 Å². The van der Waals surface area contributed by atoms with Gasteiger partial charge < -0.3 is 24.0 Å². The van der Waals surface area contributed by atoms with Gasteiger partial charge in [-0.15, -0.1) is 0 Å². The monoisotopic (exact) mass is 488 g/mol. The fourth-order valence-corrected chi connectivity index (χ4v) is 4.78. The Labute approximate surface area is 203 Å². The van der Waals surface area contributed by atoms with E-state index in [9.17, 15) is 19.5 Å². The molecule has 3 heterocycles. The summed E-state index contributed by atoms with van der Waals surface area (Å²) in [6.45, 7) is 9.49. The maximum Gasteiger partial charge on any atom is 0.346 e. The van der Waals surface area contributed by atoms with Crippen LogP contribution in [0.4, 0.5) is 10.1 Å². The maximum absolute atomic E-state index is 15.5. The Balaban J connectivity index is 1.74. The molecule has 2 atom stereocenters. The molecule has 2 aromatic rings. The summed E-state index contributed by atoms with van der Waals surface area (Å²) < 4.78 is 27.7. The molecule has 2 aliphatic rings. The highest BCUT2D eigenvalue weighted by Crippen LogP contribution is 2.39. The number of aliphatic hydroxyl groups is 1. The van der Waals surface area contributed by atoms with Crippen molar-refractivity contribution >= 4 is 28.5 Å². The first-order valence-corrected chi connectivity index (χ1v) is 12.1. The molecule has 1 saturated heterocycles. The fourth-order valence-electron chi connectivity index (χ4n) is 4.78. The summed E-state index contributed by atoms with van der Waals surface area (Å²) in [4.78, 5) is 40.3. The summed E-state index contributed by atoms with van der Waals surface area (Å²) in [5.41, 5.74) is 0.219. The normalized spacial score (nSPS) is 19.5. The molecule has 0 aliphatic carbocycles. The molecule has 1 unspecified atom stereocenters. The number of halogens is 1. The van der Waals surface area contributed by atoms with Crippen LogP contribution in [0.3, 0.4) is 0 Å². The number of carbonyl (C=O) groups excluding carboxylic acids is 2. The van der Waals surface area contributed by atoms with E-state index >= 15 is 4.39 Å². The lowest BCUT2D eigenvalue weighted by atomic mass is 9.93. The molecule has 0 saturated carbocycles. The van der Waals surface area contributed by atoms with Crippen LogP contribution in [0, 0.1) is 11.2 Å². The summed E-state index contributed by atoms with van der Waals surface area (Å²) in [5, 5.41) is 9.99. The van der Waals surface area contributed by atoms with E-state index < -0.39 is 34.9 Å². The lowest BCUT2D eigenvalue weighted by Crippen LogP contribution is -2.37. The zero-order chi connectivity index (χ0) is 25.7. The minimum Gasteiger partial charge on any atom is -0.425 e. The van der Waals surface area contributed by atoms with Gasteiger partial charge in [-0.25, -0.2) is 9.18 Å². The number of ether oxygens (including phenoxy) is 2. The van der Waals surface area contributed by atoms with Crippen molar-refractivity contribution in [2.45, 2.75) is 78.7 Å². The quantitative estimate of drug-likeness (QED) is 0.518. The van der Waals surface area contributed by atoms with Gasteiger partial charge in [-0.1, -0.05) is 0 Å². The van der Waals surface area contributed by atoms with Crippen LogP contribution in [0.25, 0.3) is 10.9 Å². The molecule has 2 aliphatic heterocycles. The van der Waals surface area contributed by atoms with Crippen LogP contribution >= 0.6 is 0 Å². The van der Waals surface area contributed by atoms with Crippen LogP contribution in [0.15, 0.2) is 17.1 Å². The van der Waals surface area contributed by atoms with E-state index in [1.54, 1.807) is 20.8 Å². The Morgan fingerprint density at radius 2 is 1.83 bits per heavy atom. The first kappa shape index (κ1) is 25.2. The Kier molecular flexibility index (Phi) is 6.66. The summed E-state index contributed by atoms with van der Waals surface area (Å²) in [5.74, 6) is -1.98. The second kappa shape index (κ2) is 9.26. The van der Waals surface area contributed by atoms with Crippen molar-refractivity contribution in [3.8, 4) is 0 Å². The van der Waals surface area contributed by atoms with E-state index in [2.05, 4.69) is 0 Å². The van der Waals surface area contributed by atoms with Crippen LogP contribution in [0.2, 0.25) is 0 Å². The van der Waals surface area contributed by atoms with Gasteiger partial charge in [0.05, 0.1) is 22.7 Å². The number of piperidine rings is 1. The molecule has 9 heteroatoms. The molecule has 1 aromatic carbocycles. The second-order valence-electron chi connectivity index (χ2n) is 10.6. The number of esters is 2. The van der Waals surface area contributed by atoms with Gasteiger partial charge in [-0.3, -0.25) is 9.59 Å². The van der Waals surface area contributed by atoms with Crippen molar-refractivity contribution in [1.82, 2.24) is 4.57 Å². The maximum atomic E-state index is 15.5. The fraction of sp³-hybridized carbons (Fsp3) is 0.577. The number of pyridine rings is 1. The van der Waals surface area contributed by atoms with Crippen LogP contribution in [0.1, 0.15) is 75.8 Å². The van der Waals surface area contributed by atoms with Gasteiger partial charge in [-0.2, -0.15) is 0 Å². The van der Waals surface area contributed by atoms with E-state index in [4.69, 9.17) is 9.47 Å². The molecule has 35 heavy (non-hydrogen) atoms. The highest BCUT2D eigenvalue weighted by Gasteiger charge is 2.31. The number of aromatic nitrogens is 1. The average Bonchev–Trinajstić information content (AvgIpc) is 2.77. The van der Waals surface area contributed by atoms with Crippen LogP contribution in [0.5, 0.6) is 0 Å². The van der Waals surface area contributed by atoms with Gasteiger partial charge in [0.2, 0.25) is 11.7 Å². The summed E-state index contributed by atoms with van der Waals surface area (Å²) >= 11 is 0. The summed E-state index contributed by atoms with van der Waals surface area (Å²) in [6.07, 6.45) is 2.33. The lowest BCUT2D eigenvalue weighted by molar-refractivity contribution is -0.174. The molecule has 4 rings (SSSR count). The lowest BCUT2D eigenvalue weighted by Gasteiger charge is -2.36. The zero-order valence-electron chi connectivity index (χ0n) is 20.9. The molecule has 0 amide bonds. The molecule has 1 fully saturated rings. The first-order chi connectivity index (χ1) is 16.4. The molecule has 190 valence electrons. The van der Waals surface area contributed by atoms with Crippen molar-refractivity contribution in [1.29, 1.82) is 0 Å². The number of carbonyl (C=O) groups is 2. The predicted molar refractivity (Wildman–Crippen MR) is 129 cm³/mol. The number of hydrogen-bond acceptors (Lipinski definition) is 7. The second-order valence-corrected chi connectivity index (χ2v) is 10.6. The smallest absolute Gasteiger partial charge is 0.346 e. The van der Waals surface area contributed by atoms with E-state index in [1.165, 1.54) is 19.2 Å². The Hall–Kier alpha value is -2.94. The largest absolute Gasteiger partial charge is 0.425 e. The summed E-state index contributed by atoms with van der Waals surface area (Å²) in [7, 11) is 0. The molecule has 0 bridgehead atoms. The minimum absolute atomic E-state index is 0.0187. The van der Waals surface area contributed by atoms with Crippen molar-refractivity contribution in [2.24, 2.45) is 5.41 Å². The van der Waals surface area contributed by atoms with Crippen molar-refractivity contribution in [3.63, 3.8) is 0 Å². The van der Waals surface area contributed by atoms with Crippen molar-refractivity contribution in [3.05, 3.63) is 39.4 Å².